The van der Waals surface area contributed by atoms with Crippen LogP contribution in [0.25, 0.3) is 28.1 Å². The van der Waals surface area contributed by atoms with Crippen LogP contribution in [0.2, 0.25) is 0 Å². The van der Waals surface area contributed by atoms with Crippen molar-refractivity contribution in [2.24, 2.45) is 0 Å². The van der Waals surface area contributed by atoms with E-state index in [0.29, 0.717) is 29.9 Å². The van der Waals surface area contributed by atoms with Crippen molar-refractivity contribution in [3.63, 3.8) is 0 Å². The molecule has 0 bridgehead atoms. The van der Waals surface area contributed by atoms with E-state index in [-0.39, 0.29) is 0 Å². The third-order valence-corrected chi connectivity index (χ3v) is 4.62. The second-order valence-electron chi connectivity index (χ2n) is 7.49. The van der Waals surface area contributed by atoms with Gasteiger partial charge in [-0.3, -0.25) is 5.10 Å². The highest BCUT2D eigenvalue weighted by Gasteiger charge is 2.18. The number of nitrogens with zero attached hydrogens (tertiary/aromatic N) is 5. The van der Waals surface area contributed by atoms with Gasteiger partial charge >= 0.3 is 0 Å². The third kappa shape index (κ3) is 3.78. The van der Waals surface area contributed by atoms with Crippen LogP contribution >= 0.6 is 0 Å². The van der Waals surface area contributed by atoms with Gasteiger partial charge in [-0.2, -0.15) is 10.2 Å². The molecule has 0 spiro atoms. The van der Waals surface area contributed by atoms with Gasteiger partial charge in [-0.05, 0) is 50.5 Å². The lowest BCUT2D eigenvalue weighted by atomic mass is 9.97. The van der Waals surface area contributed by atoms with Gasteiger partial charge in [0, 0.05) is 17.1 Å². The van der Waals surface area contributed by atoms with E-state index in [2.05, 4.69) is 25.3 Å². The van der Waals surface area contributed by atoms with Gasteiger partial charge in [-0.1, -0.05) is 12.1 Å². The van der Waals surface area contributed by atoms with Crippen LogP contribution in [-0.2, 0) is 0 Å². The van der Waals surface area contributed by atoms with Crippen LogP contribution in [0.15, 0.2) is 49.1 Å². The highest BCUT2D eigenvalue weighted by Crippen LogP contribution is 2.26. The minimum absolute atomic E-state index is 0.462. The Morgan fingerprint density at radius 2 is 2.04 bits per heavy atom. The molecule has 4 rings (SSSR count). The van der Waals surface area contributed by atoms with Crippen molar-refractivity contribution in [1.29, 1.82) is 0 Å². The molecular formula is C20H22N6O2. The van der Waals surface area contributed by atoms with Crippen molar-refractivity contribution in [2.75, 3.05) is 0 Å². The Kier molecular flexibility index (Phi) is 4.66. The van der Waals surface area contributed by atoms with Crippen LogP contribution in [0.5, 0.6) is 0 Å². The summed E-state index contributed by atoms with van der Waals surface area (Å²) in [6, 6.07) is 9.66. The average Bonchev–Trinajstić information content (AvgIpc) is 3.35. The van der Waals surface area contributed by atoms with E-state index in [4.69, 9.17) is 0 Å². The summed E-state index contributed by atoms with van der Waals surface area (Å²) in [7, 11) is 0. The fourth-order valence-electron chi connectivity index (χ4n) is 3.10. The van der Waals surface area contributed by atoms with Crippen LogP contribution in [0.4, 0.5) is 0 Å². The van der Waals surface area contributed by atoms with Crippen molar-refractivity contribution in [3.8, 4) is 17.1 Å². The summed E-state index contributed by atoms with van der Waals surface area (Å²) in [4.78, 5) is 8.70. The Labute approximate surface area is 161 Å². The monoisotopic (exact) mass is 378 g/mol. The molecule has 28 heavy (non-hydrogen) atoms. The van der Waals surface area contributed by atoms with Crippen molar-refractivity contribution < 1.29 is 10.2 Å². The van der Waals surface area contributed by atoms with E-state index in [1.54, 1.807) is 30.9 Å². The number of hydrogen-bond acceptors (Lipinski definition) is 6. The molecule has 0 aliphatic heterocycles. The van der Waals surface area contributed by atoms with E-state index in [1.165, 1.54) is 6.33 Å². The number of hydrogen-bond donors (Lipinski definition) is 3. The van der Waals surface area contributed by atoms with Crippen molar-refractivity contribution in [2.45, 2.75) is 38.4 Å². The van der Waals surface area contributed by atoms with E-state index in [1.807, 2.05) is 30.3 Å². The first kappa shape index (κ1) is 18.3. The molecule has 0 radical (unpaired) electrons. The molecule has 3 heterocycles. The molecule has 0 amide bonds. The third-order valence-electron chi connectivity index (χ3n) is 4.62. The number of aromatic nitrogens is 6. The zero-order valence-electron chi connectivity index (χ0n) is 15.7. The quantitative estimate of drug-likeness (QED) is 0.475. The van der Waals surface area contributed by atoms with Crippen LogP contribution in [0.1, 0.15) is 38.4 Å². The number of benzene rings is 1. The molecule has 0 aliphatic carbocycles. The molecule has 0 saturated heterocycles. The summed E-state index contributed by atoms with van der Waals surface area (Å²) >= 11 is 0. The summed E-state index contributed by atoms with van der Waals surface area (Å²) in [5.74, 6) is 0.684. The molecule has 0 aliphatic rings. The first-order valence-electron chi connectivity index (χ1n) is 9.11. The number of nitrogens with one attached hydrogen (secondary N) is 1. The number of aromatic amines is 1. The predicted molar refractivity (Wildman–Crippen MR) is 105 cm³/mol. The Morgan fingerprint density at radius 3 is 2.79 bits per heavy atom. The second-order valence-corrected chi connectivity index (χ2v) is 7.49. The zero-order chi connectivity index (χ0) is 19.7. The molecule has 1 atom stereocenters. The molecule has 4 aromatic rings. The van der Waals surface area contributed by atoms with Crippen LogP contribution in [0, 0.1) is 0 Å². The predicted octanol–water partition coefficient (Wildman–Crippen LogP) is 2.79. The van der Waals surface area contributed by atoms with Crippen LogP contribution < -0.4 is 0 Å². The lowest BCUT2D eigenvalue weighted by Crippen LogP contribution is -2.19. The SMILES string of the molecule is CC(C)(O)CC[C@@H](O)c1cnc2c(cnn2-c2cccc(-c3ncn[nH]3)c2)c1. The molecule has 3 aromatic heterocycles. The van der Waals surface area contributed by atoms with E-state index < -0.39 is 11.7 Å². The molecule has 8 heteroatoms. The molecule has 144 valence electrons. The Balaban J connectivity index is 1.63. The van der Waals surface area contributed by atoms with Gasteiger partial charge in [-0.25, -0.2) is 14.6 Å². The normalized spacial score (nSPS) is 13.1. The van der Waals surface area contributed by atoms with Gasteiger partial charge in [0.05, 0.1) is 23.6 Å². The van der Waals surface area contributed by atoms with E-state index in [9.17, 15) is 10.2 Å². The summed E-state index contributed by atoms with van der Waals surface area (Å²) < 4.78 is 1.75. The molecular weight excluding hydrogens is 356 g/mol. The van der Waals surface area contributed by atoms with Crippen molar-refractivity contribution in [1.82, 2.24) is 29.9 Å². The Bertz CT molecular complexity index is 1080. The number of aliphatic hydroxyl groups is 2. The lowest BCUT2D eigenvalue weighted by molar-refractivity contribution is 0.0485. The number of fused-ring (bicyclic) bond motifs is 1. The highest BCUT2D eigenvalue weighted by atomic mass is 16.3. The fourth-order valence-corrected chi connectivity index (χ4v) is 3.10. The average molecular weight is 378 g/mol. The maximum absolute atomic E-state index is 10.4. The molecule has 0 unspecified atom stereocenters. The fraction of sp³-hybridized carbons (Fsp3) is 0.300. The first-order valence-corrected chi connectivity index (χ1v) is 9.11. The van der Waals surface area contributed by atoms with Gasteiger partial charge < -0.3 is 10.2 Å². The van der Waals surface area contributed by atoms with Gasteiger partial charge in [0.15, 0.2) is 11.5 Å². The topological polar surface area (TPSA) is 113 Å². The van der Waals surface area contributed by atoms with Crippen molar-refractivity contribution in [3.05, 3.63) is 54.6 Å². The van der Waals surface area contributed by atoms with Crippen LogP contribution in [0.3, 0.4) is 0 Å². The molecule has 3 N–H and O–H groups in total. The summed E-state index contributed by atoms with van der Waals surface area (Å²) in [5, 5.41) is 32.3. The molecule has 1 aromatic carbocycles. The van der Waals surface area contributed by atoms with E-state index >= 15 is 0 Å². The maximum Gasteiger partial charge on any atom is 0.162 e. The number of pyridine rings is 1. The summed E-state index contributed by atoms with van der Waals surface area (Å²) in [5.41, 5.74) is 2.36. The Morgan fingerprint density at radius 1 is 1.18 bits per heavy atom. The smallest absolute Gasteiger partial charge is 0.162 e. The molecule has 0 fully saturated rings. The number of H-pyrrole nitrogens is 1. The largest absolute Gasteiger partial charge is 0.390 e. The maximum atomic E-state index is 10.4. The second kappa shape index (κ2) is 7.14. The molecule has 8 nitrogen and oxygen atoms in total. The van der Waals surface area contributed by atoms with Gasteiger partial charge in [-0.15, -0.1) is 0 Å². The Hall–Kier alpha value is -3.10. The minimum atomic E-state index is -0.808. The van der Waals surface area contributed by atoms with Crippen molar-refractivity contribution >= 4 is 11.0 Å². The summed E-state index contributed by atoms with van der Waals surface area (Å²) in [6.07, 6.45) is 5.15. The zero-order valence-corrected chi connectivity index (χ0v) is 15.7. The number of aliphatic hydroxyl groups excluding tert-OH is 1. The van der Waals surface area contributed by atoms with E-state index in [0.717, 1.165) is 16.6 Å². The van der Waals surface area contributed by atoms with Crippen LogP contribution in [-0.4, -0.2) is 45.8 Å². The summed E-state index contributed by atoms with van der Waals surface area (Å²) in [6.45, 7) is 3.47. The van der Waals surface area contributed by atoms with Gasteiger partial charge in [0.2, 0.25) is 0 Å². The first-order chi connectivity index (χ1) is 13.4. The lowest BCUT2D eigenvalue weighted by Gasteiger charge is -2.19. The standard InChI is InChI=1S/C20H22N6O2/c1-20(2,28)7-6-17(27)14-8-15-11-24-26(19(15)21-10-14)16-5-3-4-13(9-16)18-22-12-23-25-18/h3-5,8-12,17,27-28H,6-7H2,1-2H3,(H,22,23,25)/t17-/m1/s1. The van der Waals surface area contributed by atoms with Gasteiger partial charge in [0.25, 0.3) is 0 Å². The number of rotatable bonds is 6. The minimum Gasteiger partial charge on any atom is -0.390 e. The highest BCUT2D eigenvalue weighted by molar-refractivity contribution is 5.77. The molecule has 0 saturated carbocycles. The van der Waals surface area contributed by atoms with Gasteiger partial charge in [0.1, 0.15) is 6.33 Å².